The summed E-state index contributed by atoms with van der Waals surface area (Å²) in [7, 11) is 0. The van der Waals surface area contributed by atoms with E-state index in [1.165, 1.54) is 23.1 Å². The topological polar surface area (TPSA) is 56.0 Å². The van der Waals surface area contributed by atoms with Gasteiger partial charge in [0.05, 0.1) is 12.9 Å². The molecule has 0 atom stereocenters. The fourth-order valence-corrected chi connectivity index (χ4v) is 4.15. The largest absolute Gasteiger partial charge is 0.433 e. The predicted octanol–water partition coefficient (Wildman–Crippen LogP) is 2.71. The third kappa shape index (κ3) is 4.14. The molecule has 9 heteroatoms. The van der Waals surface area contributed by atoms with Crippen LogP contribution in [0.5, 0.6) is 0 Å². The van der Waals surface area contributed by atoms with Crippen LogP contribution in [0.3, 0.4) is 0 Å². The van der Waals surface area contributed by atoms with Crippen molar-refractivity contribution >= 4 is 0 Å². The molecule has 0 bridgehead atoms. The number of hydrogen-bond donors (Lipinski definition) is 0. The Kier molecular flexibility index (Phi) is 5.27. The lowest BCUT2D eigenvalue weighted by molar-refractivity contribution is -0.141. The maximum absolute atomic E-state index is 12.6. The van der Waals surface area contributed by atoms with Crippen molar-refractivity contribution in [1.82, 2.24) is 24.0 Å². The van der Waals surface area contributed by atoms with Crippen molar-refractivity contribution in [2.45, 2.75) is 57.9 Å². The highest BCUT2D eigenvalue weighted by Crippen LogP contribution is 2.26. The summed E-state index contributed by atoms with van der Waals surface area (Å²) in [6.07, 6.45) is 3.77. The van der Waals surface area contributed by atoms with Gasteiger partial charge in [-0.1, -0.05) is 0 Å². The molecule has 152 valence electrons. The van der Waals surface area contributed by atoms with Crippen molar-refractivity contribution in [3.8, 4) is 0 Å². The van der Waals surface area contributed by atoms with E-state index < -0.39 is 17.4 Å². The summed E-state index contributed by atoms with van der Waals surface area (Å²) in [6, 6.07) is 0.580. The Hall–Kier alpha value is -2.16. The molecule has 0 spiro atoms. The molecule has 2 aliphatic heterocycles. The van der Waals surface area contributed by atoms with Gasteiger partial charge in [-0.15, -0.1) is 0 Å². The Morgan fingerprint density at radius 3 is 2.61 bits per heavy atom. The van der Waals surface area contributed by atoms with E-state index in [-0.39, 0.29) is 5.92 Å². The van der Waals surface area contributed by atoms with Crippen molar-refractivity contribution in [1.29, 1.82) is 0 Å². The quantitative estimate of drug-likeness (QED) is 0.799. The van der Waals surface area contributed by atoms with Crippen LogP contribution >= 0.6 is 0 Å². The molecule has 0 aliphatic carbocycles. The SMILES string of the molecule is O=c1cc(C(F)(F)F)ncn1CC1CCN(Cc2ncc3n2CCCC3)CC1. The maximum Gasteiger partial charge on any atom is 0.433 e. The number of piperidine rings is 1. The zero-order valence-corrected chi connectivity index (χ0v) is 15.7. The summed E-state index contributed by atoms with van der Waals surface area (Å²) in [5.74, 6) is 1.39. The lowest BCUT2D eigenvalue weighted by Gasteiger charge is -2.32. The van der Waals surface area contributed by atoms with Crippen molar-refractivity contribution in [2.75, 3.05) is 13.1 Å². The molecule has 0 N–H and O–H groups in total. The fourth-order valence-electron chi connectivity index (χ4n) is 4.15. The number of halogens is 3. The molecule has 4 rings (SSSR count). The second-order valence-electron chi connectivity index (χ2n) is 7.76. The Bertz CT molecular complexity index is 880. The molecule has 2 aromatic rings. The second kappa shape index (κ2) is 7.69. The average molecular weight is 395 g/mol. The van der Waals surface area contributed by atoms with E-state index in [2.05, 4.69) is 19.4 Å². The zero-order valence-electron chi connectivity index (χ0n) is 15.7. The lowest BCUT2D eigenvalue weighted by Crippen LogP contribution is -2.37. The molecule has 4 heterocycles. The standard InChI is InChI=1S/C19H24F3N5O/c20-19(21,22)16-9-18(28)26(13-24-16)11-14-4-7-25(8-5-14)12-17-23-10-15-3-1-2-6-27(15)17/h9-10,13-14H,1-8,11-12H2. The highest BCUT2D eigenvalue weighted by atomic mass is 19.4. The number of imidazole rings is 1. The molecular weight excluding hydrogens is 371 g/mol. The van der Waals surface area contributed by atoms with Crippen LogP contribution in [-0.4, -0.2) is 37.1 Å². The number of hydrogen-bond acceptors (Lipinski definition) is 4. The number of aryl methyl sites for hydroxylation is 1. The molecule has 2 aromatic heterocycles. The minimum Gasteiger partial charge on any atom is -0.331 e. The Labute approximate surface area is 161 Å². The molecule has 1 fully saturated rings. The van der Waals surface area contributed by atoms with Crippen LogP contribution < -0.4 is 5.56 Å². The van der Waals surface area contributed by atoms with E-state index in [1.54, 1.807) is 0 Å². The average Bonchev–Trinajstić information content (AvgIpc) is 3.07. The van der Waals surface area contributed by atoms with Gasteiger partial charge in [-0.2, -0.15) is 13.2 Å². The molecule has 0 saturated carbocycles. The minimum absolute atomic E-state index is 0.265. The van der Waals surface area contributed by atoms with Gasteiger partial charge in [0.1, 0.15) is 5.82 Å². The molecule has 0 unspecified atom stereocenters. The van der Waals surface area contributed by atoms with E-state index >= 15 is 0 Å². The van der Waals surface area contributed by atoms with Gasteiger partial charge in [0, 0.05) is 31.0 Å². The first-order chi connectivity index (χ1) is 13.4. The monoisotopic (exact) mass is 395 g/mol. The molecule has 1 saturated heterocycles. The summed E-state index contributed by atoms with van der Waals surface area (Å²) in [5, 5.41) is 0. The maximum atomic E-state index is 12.6. The van der Waals surface area contributed by atoms with Crippen molar-refractivity contribution in [2.24, 2.45) is 5.92 Å². The van der Waals surface area contributed by atoms with Crippen LogP contribution in [0.25, 0.3) is 0 Å². The number of rotatable bonds is 4. The Morgan fingerprint density at radius 1 is 1.11 bits per heavy atom. The minimum atomic E-state index is -4.59. The van der Waals surface area contributed by atoms with Gasteiger partial charge in [-0.3, -0.25) is 14.3 Å². The summed E-state index contributed by atoms with van der Waals surface area (Å²) in [6.45, 7) is 4.08. The van der Waals surface area contributed by atoms with Crippen LogP contribution in [0.4, 0.5) is 13.2 Å². The molecule has 2 aliphatic rings. The van der Waals surface area contributed by atoms with Crippen LogP contribution in [-0.2, 0) is 32.2 Å². The first-order valence-electron chi connectivity index (χ1n) is 9.79. The summed E-state index contributed by atoms with van der Waals surface area (Å²) >= 11 is 0. The molecule has 28 heavy (non-hydrogen) atoms. The first-order valence-corrected chi connectivity index (χ1v) is 9.79. The van der Waals surface area contributed by atoms with Gasteiger partial charge in [0.2, 0.25) is 0 Å². The molecule has 6 nitrogen and oxygen atoms in total. The summed E-state index contributed by atoms with van der Waals surface area (Å²) < 4.78 is 41.5. The third-order valence-corrected chi connectivity index (χ3v) is 5.78. The molecule has 0 aromatic carbocycles. The van der Waals surface area contributed by atoms with Crippen molar-refractivity contribution in [3.05, 3.63) is 46.2 Å². The van der Waals surface area contributed by atoms with Crippen LogP contribution in [0.2, 0.25) is 0 Å². The Balaban J connectivity index is 1.32. The van der Waals surface area contributed by atoms with Crippen molar-refractivity contribution < 1.29 is 13.2 Å². The van der Waals surface area contributed by atoms with Crippen LogP contribution in [0.15, 0.2) is 23.4 Å². The van der Waals surface area contributed by atoms with E-state index in [1.807, 2.05) is 6.20 Å². The number of aromatic nitrogens is 4. The predicted molar refractivity (Wildman–Crippen MR) is 96.7 cm³/mol. The van der Waals surface area contributed by atoms with E-state index in [0.717, 1.165) is 57.6 Å². The number of nitrogens with zero attached hydrogens (tertiary/aromatic N) is 5. The van der Waals surface area contributed by atoms with Gasteiger partial charge >= 0.3 is 6.18 Å². The van der Waals surface area contributed by atoms with Gasteiger partial charge in [0.15, 0.2) is 5.69 Å². The number of likely N-dealkylation sites (tertiary alicyclic amines) is 1. The van der Waals surface area contributed by atoms with Gasteiger partial charge in [-0.05, 0) is 51.1 Å². The highest BCUT2D eigenvalue weighted by molar-refractivity contribution is 5.08. The van der Waals surface area contributed by atoms with Crippen LogP contribution in [0, 0.1) is 5.92 Å². The smallest absolute Gasteiger partial charge is 0.331 e. The van der Waals surface area contributed by atoms with Gasteiger partial charge in [0.25, 0.3) is 5.56 Å². The van der Waals surface area contributed by atoms with E-state index in [0.29, 0.717) is 12.6 Å². The van der Waals surface area contributed by atoms with E-state index in [9.17, 15) is 18.0 Å². The van der Waals surface area contributed by atoms with Gasteiger partial charge in [-0.25, -0.2) is 9.97 Å². The third-order valence-electron chi connectivity index (χ3n) is 5.78. The van der Waals surface area contributed by atoms with Crippen LogP contribution in [0.1, 0.15) is 42.9 Å². The van der Waals surface area contributed by atoms with E-state index in [4.69, 9.17) is 0 Å². The molecule has 0 radical (unpaired) electrons. The second-order valence-corrected chi connectivity index (χ2v) is 7.76. The fraction of sp³-hybridized carbons (Fsp3) is 0.632. The highest BCUT2D eigenvalue weighted by Gasteiger charge is 2.33. The number of alkyl halides is 3. The normalized spacial score (nSPS) is 19.0. The Morgan fingerprint density at radius 2 is 1.89 bits per heavy atom. The first kappa shape index (κ1) is 19.2. The summed E-state index contributed by atoms with van der Waals surface area (Å²) in [5.41, 5.74) is -0.453. The van der Waals surface area contributed by atoms with Gasteiger partial charge < -0.3 is 4.57 Å². The van der Waals surface area contributed by atoms with Crippen molar-refractivity contribution in [3.63, 3.8) is 0 Å². The molecule has 0 amide bonds. The molecular formula is C19H24F3N5O. The summed E-state index contributed by atoms with van der Waals surface area (Å²) in [4.78, 5) is 22.3. The number of fused-ring (bicyclic) bond motifs is 1. The zero-order chi connectivity index (χ0) is 19.7. The lowest BCUT2D eigenvalue weighted by atomic mass is 9.96.